The summed E-state index contributed by atoms with van der Waals surface area (Å²) in [6, 6.07) is 7.19. The van der Waals surface area contributed by atoms with Crippen LogP contribution in [0.4, 0.5) is 11.4 Å². The zero-order valence-electron chi connectivity index (χ0n) is 11.1. The highest BCUT2D eigenvalue weighted by Crippen LogP contribution is 2.17. The summed E-state index contributed by atoms with van der Waals surface area (Å²) in [6.45, 7) is 2.72. The van der Waals surface area contributed by atoms with Crippen molar-refractivity contribution in [2.45, 2.75) is 12.5 Å². The van der Waals surface area contributed by atoms with Crippen molar-refractivity contribution in [2.24, 2.45) is 0 Å². The first kappa shape index (κ1) is 14.3. The van der Waals surface area contributed by atoms with Gasteiger partial charge in [0.1, 0.15) is 6.07 Å². The van der Waals surface area contributed by atoms with Gasteiger partial charge < -0.3 is 21.1 Å². The van der Waals surface area contributed by atoms with Crippen molar-refractivity contribution in [1.29, 1.82) is 5.26 Å². The Kier molecular flexibility index (Phi) is 4.54. The zero-order chi connectivity index (χ0) is 13.8. The molecule has 0 aromatic heterocycles. The van der Waals surface area contributed by atoms with Crippen LogP contribution in [0.1, 0.15) is 12.5 Å². The van der Waals surface area contributed by atoms with Gasteiger partial charge in [0.15, 0.2) is 0 Å². The van der Waals surface area contributed by atoms with Crippen LogP contribution in [0.3, 0.4) is 0 Å². The maximum atomic E-state index is 10.1. The van der Waals surface area contributed by atoms with Crippen LogP contribution in [-0.4, -0.2) is 42.8 Å². The van der Waals surface area contributed by atoms with E-state index in [0.29, 0.717) is 24.3 Å². The van der Waals surface area contributed by atoms with Gasteiger partial charge in [-0.1, -0.05) is 0 Å². The van der Waals surface area contributed by atoms with Crippen molar-refractivity contribution < 1.29 is 5.11 Å². The van der Waals surface area contributed by atoms with Crippen molar-refractivity contribution in [2.75, 3.05) is 38.2 Å². The first-order valence-electron chi connectivity index (χ1n) is 5.75. The quantitative estimate of drug-likeness (QED) is 0.673. The molecule has 0 saturated carbocycles. The Morgan fingerprint density at radius 3 is 2.72 bits per heavy atom. The number of benzene rings is 1. The number of nitrogens with zero attached hydrogens (tertiary/aromatic N) is 2. The van der Waals surface area contributed by atoms with Gasteiger partial charge in [0, 0.05) is 24.5 Å². The Morgan fingerprint density at radius 2 is 2.17 bits per heavy atom. The fourth-order valence-electron chi connectivity index (χ4n) is 1.79. The topological polar surface area (TPSA) is 85.3 Å². The fourth-order valence-corrected chi connectivity index (χ4v) is 1.79. The predicted molar refractivity (Wildman–Crippen MR) is 73.2 cm³/mol. The normalized spacial score (nSPS) is 14.0. The van der Waals surface area contributed by atoms with E-state index in [0.717, 1.165) is 5.69 Å². The monoisotopic (exact) mass is 248 g/mol. The van der Waals surface area contributed by atoms with Gasteiger partial charge >= 0.3 is 0 Å². The predicted octanol–water partition coefficient (Wildman–Crippen LogP) is 0.865. The lowest BCUT2D eigenvalue weighted by molar-refractivity contribution is 0.0460. The first-order valence-corrected chi connectivity index (χ1v) is 5.75. The Hall–Kier alpha value is -1.77. The lowest BCUT2D eigenvalue weighted by atomic mass is 10.1. The largest absolute Gasteiger partial charge is 0.398 e. The number of rotatable bonds is 5. The third-order valence-corrected chi connectivity index (χ3v) is 2.50. The van der Waals surface area contributed by atoms with Crippen molar-refractivity contribution in [3.63, 3.8) is 0 Å². The number of anilines is 2. The van der Waals surface area contributed by atoms with Crippen LogP contribution >= 0.6 is 0 Å². The molecule has 4 N–H and O–H groups in total. The van der Waals surface area contributed by atoms with E-state index in [4.69, 9.17) is 11.0 Å². The summed E-state index contributed by atoms with van der Waals surface area (Å²) in [5, 5.41) is 22.1. The van der Waals surface area contributed by atoms with Gasteiger partial charge in [0.25, 0.3) is 0 Å². The van der Waals surface area contributed by atoms with Crippen molar-refractivity contribution in [1.82, 2.24) is 4.90 Å². The number of nitrogens with two attached hydrogens (primary N) is 1. The molecule has 0 bridgehead atoms. The number of hydrogen-bond donors (Lipinski definition) is 3. The summed E-state index contributed by atoms with van der Waals surface area (Å²) in [7, 11) is 3.82. The third-order valence-electron chi connectivity index (χ3n) is 2.50. The van der Waals surface area contributed by atoms with Gasteiger partial charge in [0.2, 0.25) is 0 Å². The van der Waals surface area contributed by atoms with E-state index in [1.54, 1.807) is 25.1 Å². The maximum Gasteiger partial charge on any atom is 0.101 e. The number of aliphatic hydroxyl groups is 1. The number of nitrogen functional groups attached to an aromatic ring is 1. The SMILES string of the molecule is CN(C)CC(C)(O)CNc1ccc(N)c(C#N)c1. The number of nitrogens with one attached hydrogen (secondary N) is 1. The van der Waals surface area contributed by atoms with Crippen LogP contribution in [0.15, 0.2) is 18.2 Å². The van der Waals surface area contributed by atoms with Crippen LogP contribution in [0.25, 0.3) is 0 Å². The summed E-state index contributed by atoms with van der Waals surface area (Å²) in [4.78, 5) is 1.92. The minimum Gasteiger partial charge on any atom is -0.398 e. The summed E-state index contributed by atoms with van der Waals surface area (Å²) >= 11 is 0. The van der Waals surface area contributed by atoms with E-state index >= 15 is 0 Å². The molecule has 5 heteroatoms. The van der Waals surface area contributed by atoms with Crippen LogP contribution in [0.2, 0.25) is 0 Å². The van der Waals surface area contributed by atoms with Crippen LogP contribution < -0.4 is 11.1 Å². The van der Waals surface area contributed by atoms with E-state index < -0.39 is 5.60 Å². The number of hydrogen-bond acceptors (Lipinski definition) is 5. The molecule has 0 heterocycles. The van der Waals surface area contributed by atoms with Crippen LogP contribution in [-0.2, 0) is 0 Å². The summed E-state index contributed by atoms with van der Waals surface area (Å²) in [5.74, 6) is 0. The second-order valence-electron chi connectivity index (χ2n) is 5.00. The third kappa shape index (κ3) is 4.24. The molecule has 18 heavy (non-hydrogen) atoms. The van der Waals surface area contributed by atoms with Gasteiger partial charge in [-0.15, -0.1) is 0 Å². The summed E-state index contributed by atoms with van der Waals surface area (Å²) in [6.07, 6.45) is 0. The standard InChI is InChI=1S/C13H20N4O/c1-13(18,9-17(2)3)8-16-11-4-5-12(15)10(6-11)7-14/h4-6,16,18H,8-9,15H2,1-3H3. The van der Waals surface area contributed by atoms with Gasteiger partial charge in [0.05, 0.1) is 11.2 Å². The minimum atomic E-state index is -0.836. The number of likely N-dealkylation sites (N-methyl/N-ethyl adjacent to an activating group) is 1. The molecule has 1 aromatic carbocycles. The summed E-state index contributed by atoms with van der Waals surface area (Å²) < 4.78 is 0. The maximum absolute atomic E-state index is 10.1. The lowest BCUT2D eigenvalue weighted by Crippen LogP contribution is -2.43. The molecule has 0 radical (unpaired) electrons. The smallest absolute Gasteiger partial charge is 0.101 e. The molecular formula is C13H20N4O. The average Bonchev–Trinajstić information content (AvgIpc) is 2.26. The van der Waals surface area contributed by atoms with E-state index in [2.05, 4.69) is 5.32 Å². The van der Waals surface area contributed by atoms with E-state index in [1.807, 2.05) is 25.1 Å². The summed E-state index contributed by atoms with van der Waals surface area (Å²) in [5.41, 5.74) is 6.48. The van der Waals surface area contributed by atoms with Gasteiger partial charge in [-0.3, -0.25) is 0 Å². The first-order chi connectivity index (χ1) is 8.34. The molecular weight excluding hydrogens is 228 g/mol. The molecule has 0 fully saturated rings. The molecule has 1 atom stereocenters. The Balaban J connectivity index is 2.67. The fraction of sp³-hybridized carbons (Fsp3) is 0.462. The highest BCUT2D eigenvalue weighted by Gasteiger charge is 2.20. The molecule has 0 saturated heterocycles. The molecule has 0 aliphatic carbocycles. The Bertz CT molecular complexity index is 449. The van der Waals surface area contributed by atoms with Crippen LogP contribution in [0, 0.1) is 11.3 Å². The molecule has 1 rings (SSSR count). The molecule has 1 aromatic rings. The van der Waals surface area contributed by atoms with Crippen molar-refractivity contribution in [3.8, 4) is 6.07 Å². The van der Waals surface area contributed by atoms with E-state index in [1.165, 1.54) is 0 Å². The highest BCUT2D eigenvalue weighted by atomic mass is 16.3. The molecule has 5 nitrogen and oxygen atoms in total. The van der Waals surface area contributed by atoms with E-state index in [9.17, 15) is 5.11 Å². The van der Waals surface area contributed by atoms with Crippen molar-refractivity contribution >= 4 is 11.4 Å². The Morgan fingerprint density at radius 1 is 1.50 bits per heavy atom. The zero-order valence-corrected chi connectivity index (χ0v) is 11.1. The highest BCUT2D eigenvalue weighted by molar-refractivity contribution is 5.61. The lowest BCUT2D eigenvalue weighted by Gasteiger charge is -2.27. The average molecular weight is 248 g/mol. The molecule has 98 valence electrons. The molecule has 0 aliphatic rings. The minimum absolute atomic E-state index is 0.403. The van der Waals surface area contributed by atoms with Gasteiger partial charge in [-0.2, -0.15) is 5.26 Å². The second kappa shape index (κ2) is 5.71. The van der Waals surface area contributed by atoms with Gasteiger partial charge in [-0.05, 0) is 39.2 Å². The molecule has 0 spiro atoms. The molecule has 0 aliphatic heterocycles. The van der Waals surface area contributed by atoms with Crippen molar-refractivity contribution in [3.05, 3.63) is 23.8 Å². The Labute approximate surface area is 108 Å². The molecule has 1 unspecified atom stereocenters. The second-order valence-corrected chi connectivity index (χ2v) is 5.00. The van der Waals surface area contributed by atoms with Gasteiger partial charge in [-0.25, -0.2) is 0 Å². The number of nitriles is 1. The van der Waals surface area contributed by atoms with E-state index in [-0.39, 0.29) is 0 Å². The molecule has 0 amide bonds. The van der Waals surface area contributed by atoms with Crippen LogP contribution in [0.5, 0.6) is 0 Å².